The van der Waals surface area contributed by atoms with Crippen molar-refractivity contribution in [2.45, 2.75) is 58.2 Å². The number of nitrogens with zero attached hydrogens (tertiary/aromatic N) is 1. The van der Waals surface area contributed by atoms with Gasteiger partial charge in [0.05, 0.1) is 0 Å². The molecule has 1 aliphatic carbocycles. The zero-order valence-corrected chi connectivity index (χ0v) is 14.1. The molecule has 1 N–H and O–H groups in total. The zero-order chi connectivity index (χ0) is 14.1. The molecule has 0 bridgehead atoms. The van der Waals surface area contributed by atoms with E-state index in [2.05, 4.69) is 58.2 Å². The lowest BCUT2D eigenvalue weighted by atomic mass is 9.91. The number of halogens is 1. The van der Waals surface area contributed by atoms with E-state index in [-0.39, 0.29) is 0 Å². The van der Waals surface area contributed by atoms with Crippen molar-refractivity contribution < 1.29 is 0 Å². The Hall–Kier alpha value is -0.540. The molecule has 2 unspecified atom stereocenters. The maximum Gasteiger partial charge on any atom is 0.0380 e. The summed E-state index contributed by atoms with van der Waals surface area (Å²) in [6.07, 6.45) is 5.37. The monoisotopic (exact) mass is 336 g/mol. The van der Waals surface area contributed by atoms with Gasteiger partial charge in [0.15, 0.2) is 0 Å². The molecule has 1 saturated carbocycles. The van der Waals surface area contributed by atoms with Crippen molar-refractivity contribution in [1.29, 1.82) is 0 Å². The van der Waals surface area contributed by atoms with Gasteiger partial charge in [-0.15, -0.1) is 0 Å². The summed E-state index contributed by atoms with van der Waals surface area (Å²) in [7, 11) is 0. The lowest BCUT2D eigenvalue weighted by Gasteiger charge is -2.39. The van der Waals surface area contributed by atoms with Gasteiger partial charge in [0.1, 0.15) is 0 Å². The minimum absolute atomic E-state index is 0.645. The van der Waals surface area contributed by atoms with Gasteiger partial charge in [-0.25, -0.2) is 0 Å². The van der Waals surface area contributed by atoms with Gasteiger partial charge in [-0.3, -0.25) is 0 Å². The number of hydrogen-bond donors (Lipinski definition) is 1. The third kappa shape index (κ3) is 3.20. The normalized spacial score (nSPS) is 26.9. The van der Waals surface area contributed by atoms with Crippen molar-refractivity contribution in [2.24, 2.45) is 5.92 Å². The molecule has 1 aromatic rings. The van der Waals surface area contributed by atoms with Gasteiger partial charge in [-0.2, -0.15) is 0 Å². The molecule has 0 amide bonds. The van der Waals surface area contributed by atoms with E-state index in [1.54, 1.807) is 0 Å². The molecule has 2 fully saturated rings. The molecule has 1 aromatic carbocycles. The van der Waals surface area contributed by atoms with Crippen LogP contribution in [-0.2, 0) is 6.54 Å². The Bertz CT molecular complexity index is 470. The fourth-order valence-electron chi connectivity index (χ4n) is 3.10. The van der Waals surface area contributed by atoms with Gasteiger partial charge in [-0.1, -0.05) is 28.9 Å². The first kappa shape index (κ1) is 14.4. The molecule has 1 saturated heterocycles. The van der Waals surface area contributed by atoms with Crippen LogP contribution >= 0.6 is 15.9 Å². The van der Waals surface area contributed by atoms with Crippen LogP contribution in [0.15, 0.2) is 22.7 Å². The predicted molar refractivity (Wildman–Crippen MR) is 89.2 cm³/mol. The van der Waals surface area contributed by atoms with Crippen LogP contribution in [0.5, 0.6) is 0 Å². The molecular formula is C17H25BrN2. The Morgan fingerprint density at radius 3 is 2.75 bits per heavy atom. The summed E-state index contributed by atoms with van der Waals surface area (Å²) >= 11 is 3.75. The molecule has 0 aromatic heterocycles. The van der Waals surface area contributed by atoms with Crippen LogP contribution in [0.2, 0.25) is 0 Å². The van der Waals surface area contributed by atoms with E-state index in [9.17, 15) is 0 Å². The van der Waals surface area contributed by atoms with E-state index in [4.69, 9.17) is 0 Å². The molecule has 1 heterocycles. The van der Waals surface area contributed by atoms with E-state index >= 15 is 0 Å². The lowest BCUT2D eigenvalue weighted by Crippen LogP contribution is -2.42. The first-order valence-electron chi connectivity index (χ1n) is 7.93. The molecule has 1 aliphatic heterocycles. The molecule has 110 valence electrons. The second-order valence-electron chi connectivity index (χ2n) is 6.48. The average Bonchev–Trinajstić information content (AvgIpc) is 3.25. The fraction of sp³-hybridized carbons (Fsp3) is 0.647. The van der Waals surface area contributed by atoms with Crippen molar-refractivity contribution in [2.75, 3.05) is 11.4 Å². The third-order valence-corrected chi connectivity index (χ3v) is 5.64. The molecule has 20 heavy (non-hydrogen) atoms. The first-order valence-corrected chi connectivity index (χ1v) is 8.73. The van der Waals surface area contributed by atoms with Crippen molar-refractivity contribution in [3.05, 3.63) is 28.2 Å². The highest BCUT2D eigenvalue weighted by atomic mass is 79.9. The molecule has 3 rings (SSSR count). The average molecular weight is 337 g/mol. The van der Waals surface area contributed by atoms with Crippen LogP contribution in [0.4, 0.5) is 5.69 Å². The molecule has 3 heteroatoms. The van der Waals surface area contributed by atoms with Crippen LogP contribution in [-0.4, -0.2) is 18.6 Å². The summed E-state index contributed by atoms with van der Waals surface area (Å²) in [5, 5.41) is 3.58. The van der Waals surface area contributed by atoms with Crippen molar-refractivity contribution in [3.63, 3.8) is 0 Å². The molecule has 0 radical (unpaired) electrons. The van der Waals surface area contributed by atoms with Gasteiger partial charge in [0.2, 0.25) is 0 Å². The van der Waals surface area contributed by atoms with E-state index in [1.165, 1.54) is 48.0 Å². The summed E-state index contributed by atoms with van der Waals surface area (Å²) in [4.78, 5) is 2.57. The summed E-state index contributed by atoms with van der Waals surface area (Å²) < 4.78 is 1.24. The number of piperidine rings is 1. The second-order valence-corrected chi connectivity index (χ2v) is 7.34. The van der Waals surface area contributed by atoms with Crippen LogP contribution < -0.4 is 10.2 Å². The Morgan fingerprint density at radius 2 is 2.05 bits per heavy atom. The molecule has 0 spiro atoms. The van der Waals surface area contributed by atoms with Crippen molar-refractivity contribution >= 4 is 21.6 Å². The third-order valence-electron chi connectivity index (χ3n) is 4.90. The molecular weight excluding hydrogens is 312 g/mol. The second kappa shape index (κ2) is 6.07. The Morgan fingerprint density at radius 1 is 1.25 bits per heavy atom. The van der Waals surface area contributed by atoms with Gasteiger partial charge in [0.25, 0.3) is 0 Å². The number of anilines is 1. The van der Waals surface area contributed by atoms with E-state index in [1.807, 2.05) is 0 Å². The SMILES string of the molecule is CC1CCCN(c2ccc(CNC3CC3)c(Br)c2)C1C. The summed E-state index contributed by atoms with van der Waals surface area (Å²) in [6.45, 7) is 6.91. The topological polar surface area (TPSA) is 15.3 Å². The Balaban J connectivity index is 1.71. The van der Waals surface area contributed by atoms with Gasteiger partial charge < -0.3 is 10.2 Å². The summed E-state index contributed by atoms with van der Waals surface area (Å²) in [5.41, 5.74) is 2.74. The first-order chi connectivity index (χ1) is 9.65. The van der Waals surface area contributed by atoms with E-state index in [0.29, 0.717) is 6.04 Å². The smallest absolute Gasteiger partial charge is 0.0380 e. The minimum atomic E-state index is 0.645. The molecule has 2 atom stereocenters. The standard InChI is InChI=1S/C17H25BrN2/c1-12-4-3-9-20(13(12)2)16-8-5-14(17(18)10-16)11-19-15-6-7-15/h5,8,10,12-13,15,19H,3-4,6-7,9,11H2,1-2H3. The van der Waals surface area contributed by atoms with Gasteiger partial charge >= 0.3 is 0 Å². The highest BCUT2D eigenvalue weighted by Gasteiger charge is 2.25. The minimum Gasteiger partial charge on any atom is -0.369 e. The largest absolute Gasteiger partial charge is 0.369 e. The zero-order valence-electron chi connectivity index (χ0n) is 12.5. The summed E-state index contributed by atoms with van der Waals surface area (Å²) in [5.74, 6) is 0.790. The van der Waals surface area contributed by atoms with Gasteiger partial charge in [-0.05, 0) is 56.2 Å². The van der Waals surface area contributed by atoms with Crippen molar-refractivity contribution in [3.8, 4) is 0 Å². The quantitative estimate of drug-likeness (QED) is 0.880. The van der Waals surface area contributed by atoms with Crippen LogP contribution in [0, 0.1) is 5.92 Å². The van der Waals surface area contributed by atoms with E-state index < -0.39 is 0 Å². The maximum atomic E-state index is 3.75. The summed E-state index contributed by atoms with van der Waals surface area (Å²) in [6, 6.07) is 8.29. The number of nitrogens with one attached hydrogen (secondary N) is 1. The molecule has 2 aliphatic rings. The van der Waals surface area contributed by atoms with Crippen LogP contribution in [0.25, 0.3) is 0 Å². The highest BCUT2D eigenvalue weighted by molar-refractivity contribution is 9.10. The van der Waals surface area contributed by atoms with Crippen molar-refractivity contribution in [1.82, 2.24) is 5.32 Å². The highest BCUT2D eigenvalue weighted by Crippen LogP contribution is 2.31. The number of benzene rings is 1. The Kier molecular flexibility index (Phi) is 4.37. The predicted octanol–water partition coefficient (Wildman–Crippen LogP) is 4.33. The maximum absolute atomic E-state index is 3.75. The molecule has 2 nitrogen and oxygen atoms in total. The fourth-order valence-corrected chi connectivity index (χ4v) is 3.61. The van der Waals surface area contributed by atoms with Gasteiger partial charge in [0, 0.05) is 35.3 Å². The number of rotatable bonds is 4. The number of hydrogen-bond acceptors (Lipinski definition) is 2. The lowest BCUT2D eigenvalue weighted by molar-refractivity contribution is 0.363. The van der Waals surface area contributed by atoms with Crippen LogP contribution in [0.3, 0.4) is 0 Å². The Labute approximate surface area is 131 Å². The van der Waals surface area contributed by atoms with Crippen LogP contribution in [0.1, 0.15) is 45.1 Å². The van der Waals surface area contributed by atoms with E-state index in [0.717, 1.165) is 18.5 Å².